The maximum atomic E-state index is 11.3. The van der Waals surface area contributed by atoms with Crippen molar-refractivity contribution in [2.75, 3.05) is 29.6 Å². The minimum absolute atomic E-state index is 0.432. The van der Waals surface area contributed by atoms with Gasteiger partial charge in [0.25, 0.3) is 0 Å². The maximum Gasteiger partial charge on any atom is 0.327 e. The smallest absolute Gasteiger partial charge is 0.327 e. The van der Waals surface area contributed by atoms with E-state index in [0.29, 0.717) is 30.7 Å². The Hall–Kier alpha value is -1.50. The fourth-order valence-corrected chi connectivity index (χ4v) is 2.84. The average Bonchev–Trinajstić information content (AvgIpc) is 2.45. The van der Waals surface area contributed by atoms with E-state index >= 15 is 0 Å². The van der Waals surface area contributed by atoms with Gasteiger partial charge in [0.05, 0.1) is 6.61 Å². The highest BCUT2D eigenvalue weighted by atomic mass is 32.2. The zero-order valence-corrected chi connectivity index (χ0v) is 11.6. The first kappa shape index (κ1) is 13.9. The fourth-order valence-electron chi connectivity index (χ4n) is 1.81. The van der Waals surface area contributed by atoms with Crippen LogP contribution in [0.25, 0.3) is 0 Å². The summed E-state index contributed by atoms with van der Waals surface area (Å²) in [5.74, 6) is 1.53. The van der Waals surface area contributed by atoms with Gasteiger partial charge in [0.15, 0.2) is 0 Å². The molecule has 0 bridgehead atoms. The van der Waals surface area contributed by atoms with Crippen molar-refractivity contribution in [2.45, 2.75) is 19.4 Å². The highest BCUT2D eigenvalue weighted by molar-refractivity contribution is 7.99. The molecule has 1 fully saturated rings. The molecule has 0 aliphatic carbocycles. The standard InChI is InChI=1S/C12H17N3O3S/c1-2-6-18-10-3-4-13-12(14-10)15-5-7-19-8-9(15)11(16)17/h3-4,9H,2,5-8H2,1H3,(H,16,17). The number of anilines is 1. The second kappa shape index (κ2) is 6.60. The second-order valence-electron chi connectivity index (χ2n) is 4.17. The molecule has 1 atom stereocenters. The van der Waals surface area contributed by atoms with Gasteiger partial charge in [0.2, 0.25) is 11.8 Å². The van der Waals surface area contributed by atoms with Crippen LogP contribution in [0.3, 0.4) is 0 Å². The summed E-state index contributed by atoms with van der Waals surface area (Å²) in [6.07, 6.45) is 2.51. The molecule has 1 saturated heterocycles. The lowest BCUT2D eigenvalue weighted by atomic mass is 10.3. The molecule has 7 heteroatoms. The van der Waals surface area contributed by atoms with Gasteiger partial charge in [-0.05, 0) is 6.42 Å². The maximum absolute atomic E-state index is 11.3. The minimum Gasteiger partial charge on any atom is -0.480 e. The molecule has 0 radical (unpaired) electrons. The molecule has 1 N–H and O–H groups in total. The Morgan fingerprint density at radius 3 is 3.26 bits per heavy atom. The van der Waals surface area contributed by atoms with Crippen molar-refractivity contribution in [1.29, 1.82) is 0 Å². The third-order valence-corrected chi connectivity index (χ3v) is 3.76. The molecule has 1 aliphatic heterocycles. The van der Waals surface area contributed by atoms with E-state index in [1.165, 1.54) is 0 Å². The van der Waals surface area contributed by atoms with Crippen LogP contribution < -0.4 is 9.64 Å². The molecule has 0 saturated carbocycles. The summed E-state index contributed by atoms with van der Waals surface area (Å²) in [6.45, 7) is 3.25. The van der Waals surface area contributed by atoms with Crippen LogP contribution in [0.15, 0.2) is 12.3 Å². The number of thioether (sulfide) groups is 1. The van der Waals surface area contributed by atoms with Gasteiger partial charge in [-0.3, -0.25) is 0 Å². The zero-order chi connectivity index (χ0) is 13.7. The number of hydrogen-bond donors (Lipinski definition) is 1. The number of aromatic nitrogens is 2. The van der Waals surface area contributed by atoms with Crippen LogP contribution in [0.2, 0.25) is 0 Å². The summed E-state index contributed by atoms with van der Waals surface area (Å²) in [6, 6.07) is 1.12. The normalized spacial score (nSPS) is 19.2. The highest BCUT2D eigenvalue weighted by Crippen LogP contribution is 2.22. The van der Waals surface area contributed by atoms with Gasteiger partial charge in [0, 0.05) is 30.3 Å². The van der Waals surface area contributed by atoms with Gasteiger partial charge in [-0.2, -0.15) is 16.7 Å². The van der Waals surface area contributed by atoms with Crippen LogP contribution in [0, 0.1) is 0 Å². The van der Waals surface area contributed by atoms with Crippen molar-refractivity contribution in [2.24, 2.45) is 0 Å². The summed E-state index contributed by atoms with van der Waals surface area (Å²) in [4.78, 5) is 21.4. The van der Waals surface area contributed by atoms with Crippen LogP contribution >= 0.6 is 11.8 Å². The van der Waals surface area contributed by atoms with Crippen molar-refractivity contribution in [3.05, 3.63) is 12.3 Å². The van der Waals surface area contributed by atoms with Gasteiger partial charge >= 0.3 is 5.97 Å². The first-order valence-electron chi connectivity index (χ1n) is 6.25. The van der Waals surface area contributed by atoms with Crippen LogP contribution in [-0.2, 0) is 4.79 Å². The van der Waals surface area contributed by atoms with Crippen LogP contribution in [0.4, 0.5) is 5.95 Å². The lowest BCUT2D eigenvalue weighted by Crippen LogP contribution is -2.48. The molecule has 1 aromatic rings. The number of ether oxygens (including phenoxy) is 1. The number of rotatable bonds is 5. The summed E-state index contributed by atoms with van der Waals surface area (Å²) in [5.41, 5.74) is 0. The van der Waals surface area contributed by atoms with E-state index in [1.54, 1.807) is 28.9 Å². The van der Waals surface area contributed by atoms with E-state index in [2.05, 4.69) is 9.97 Å². The Balaban J connectivity index is 2.16. The van der Waals surface area contributed by atoms with E-state index in [9.17, 15) is 9.90 Å². The summed E-state index contributed by atoms with van der Waals surface area (Å²) < 4.78 is 5.45. The molecular formula is C12H17N3O3S. The second-order valence-corrected chi connectivity index (χ2v) is 5.32. The minimum atomic E-state index is -0.837. The van der Waals surface area contributed by atoms with Gasteiger partial charge in [-0.15, -0.1) is 0 Å². The van der Waals surface area contributed by atoms with E-state index in [0.717, 1.165) is 12.2 Å². The van der Waals surface area contributed by atoms with Gasteiger partial charge in [-0.1, -0.05) is 6.92 Å². The average molecular weight is 283 g/mol. The van der Waals surface area contributed by atoms with Crippen LogP contribution in [0.1, 0.15) is 13.3 Å². The molecule has 6 nitrogen and oxygen atoms in total. The van der Waals surface area contributed by atoms with E-state index < -0.39 is 12.0 Å². The van der Waals surface area contributed by atoms with Crippen LogP contribution in [0.5, 0.6) is 5.88 Å². The van der Waals surface area contributed by atoms with Crippen molar-refractivity contribution in [3.63, 3.8) is 0 Å². The largest absolute Gasteiger partial charge is 0.480 e. The molecule has 2 heterocycles. The SMILES string of the molecule is CCCOc1ccnc(N2CCSCC2C(=O)O)n1. The predicted octanol–water partition coefficient (Wildman–Crippen LogP) is 1.27. The molecule has 19 heavy (non-hydrogen) atoms. The highest BCUT2D eigenvalue weighted by Gasteiger charge is 2.30. The number of carboxylic acids is 1. The monoisotopic (exact) mass is 283 g/mol. The Kier molecular flexibility index (Phi) is 4.84. The van der Waals surface area contributed by atoms with Crippen molar-refractivity contribution < 1.29 is 14.6 Å². The van der Waals surface area contributed by atoms with Gasteiger partial charge in [0.1, 0.15) is 6.04 Å². The lowest BCUT2D eigenvalue weighted by molar-refractivity contribution is -0.138. The Labute approximate surface area is 116 Å². The fraction of sp³-hybridized carbons (Fsp3) is 0.583. The molecule has 2 rings (SSSR count). The van der Waals surface area contributed by atoms with Crippen molar-refractivity contribution in [3.8, 4) is 5.88 Å². The topological polar surface area (TPSA) is 75.5 Å². The van der Waals surface area contributed by atoms with Gasteiger partial charge < -0.3 is 14.7 Å². The van der Waals surface area contributed by atoms with E-state index in [-0.39, 0.29) is 0 Å². The third-order valence-electron chi connectivity index (χ3n) is 2.74. The number of aliphatic carboxylic acids is 1. The molecule has 0 aromatic carbocycles. The number of hydrogen-bond acceptors (Lipinski definition) is 6. The third kappa shape index (κ3) is 3.50. The Morgan fingerprint density at radius 1 is 1.68 bits per heavy atom. The van der Waals surface area contributed by atoms with E-state index in [1.807, 2.05) is 6.92 Å². The van der Waals surface area contributed by atoms with Crippen LogP contribution in [-0.4, -0.2) is 51.7 Å². The lowest BCUT2D eigenvalue weighted by Gasteiger charge is -2.32. The Bertz CT molecular complexity index is 444. The summed E-state index contributed by atoms with van der Waals surface area (Å²) in [7, 11) is 0. The molecule has 0 amide bonds. The summed E-state index contributed by atoms with van der Waals surface area (Å²) >= 11 is 1.64. The number of carbonyl (C=O) groups is 1. The predicted molar refractivity (Wildman–Crippen MR) is 73.9 cm³/mol. The zero-order valence-electron chi connectivity index (χ0n) is 10.8. The molecule has 1 aromatic heterocycles. The summed E-state index contributed by atoms with van der Waals surface area (Å²) in [5, 5.41) is 9.24. The Morgan fingerprint density at radius 2 is 2.53 bits per heavy atom. The molecule has 104 valence electrons. The quantitative estimate of drug-likeness (QED) is 0.872. The number of carboxylic acid groups (broad SMARTS) is 1. The van der Waals surface area contributed by atoms with Crippen molar-refractivity contribution in [1.82, 2.24) is 9.97 Å². The molecule has 0 spiro atoms. The first-order chi connectivity index (χ1) is 9.22. The molecule has 1 aliphatic rings. The molecular weight excluding hydrogens is 266 g/mol. The van der Waals surface area contributed by atoms with E-state index in [4.69, 9.17) is 4.74 Å². The number of nitrogens with zero attached hydrogens (tertiary/aromatic N) is 3. The van der Waals surface area contributed by atoms with Crippen molar-refractivity contribution >= 4 is 23.7 Å². The first-order valence-corrected chi connectivity index (χ1v) is 7.41. The van der Waals surface area contributed by atoms with Gasteiger partial charge in [-0.25, -0.2) is 9.78 Å². The molecule has 1 unspecified atom stereocenters.